The van der Waals surface area contributed by atoms with Gasteiger partial charge in [0.1, 0.15) is 0 Å². The van der Waals surface area contributed by atoms with Crippen LogP contribution in [0.5, 0.6) is 0 Å². The Hall–Kier alpha value is -1.35. The predicted octanol–water partition coefficient (Wildman–Crippen LogP) is 3.49. The van der Waals surface area contributed by atoms with Crippen LogP contribution in [0.4, 0.5) is 0 Å². The van der Waals surface area contributed by atoms with Crippen LogP contribution in [0.15, 0.2) is 29.4 Å². The van der Waals surface area contributed by atoms with Gasteiger partial charge < -0.3 is 0 Å². The Morgan fingerprint density at radius 1 is 1.26 bits per heavy atom. The van der Waals surface area contributed by atoms with Crippen molar-refractivity contribution in [3.05, 3.63) is 34.9 Å². The average Bonchev–Trinajstić information content (AvgIpc) is 3.02. The van der Waals surface area contributed by atoms with Crippen molar-refractivity contribution in [2.45, 2.75) is 25.7 Å². The van der Waals surface area contributed by atoms with Crippen molar-refractivity contribution in [3.8, 4) is 0 Å². The molecule has 0 spiro atoms. The van der Waals surface area contributed by atoms with Gasteiger partial charge in [-0.2, -0.15) is 5.10 Å². The molecule has 0 aromatic heterocycles. The lowest BCUT2D eigenvalue weighted by Crippen LogP contribution is -2.20. The van der Waals surface area contributed by atoms with Gasteiger partial charge in [0.2, 0.25) is 0 Å². The molecule has 0 radical (unpaired) electrons. The first-order chi connectivity index (χ1) is 9.22. The van der Waals surface area contributed by atoms with Crippen LogP contribution >= 0.6 is 11.6 Å². The normalized spacial score (nSPS) is 29.0. The minimum atomic E-state index is -0.184. The van der Waals surface area contributed by atoms with Crippen molar-refractivity contribution < 1.29 is 4.79 Å². The first kappa shape index (κ1) is 12.7. The minimum Gasteiger partial charge on any atom is -0.267 e. The number of hydrazone groups is 1. The molecule has 0 aliphatic heterocycles. The molecule has 19 heavy (non-hydrogen) atoms. The Morgan fingerprint density at radius 3 is 2.68 bits per heavy atom. The van der Waals surface area contributed by atoms with Crippen molar-refractivity contribution in [2.24, 2.45) is 22.9 Å². The molecule has 2 aliphatic rings. The summed E-state index contributed by atoms with van der Waals surface area (Å²) in [5, 5.41) is 4.74. The Morgan fingerprint density at radius 2 is 2.05 bits per heavy atom. The summed E-state index contributed by atoms with van der Waals surface area (Å²) >= 11 is 5.78. The van der Waals surface area contributed by atoms with Gasteiger partial charge in [0.25, 0.3) is 5.91 Å². The SMILES string of the molecule is O=C(N/N=C\[C@@H]1C[C@@H]2CC[C@@H]1C2)c1ccc(Cl)cc1. The monoisotopic (exact) mass is 276 g/mol. The summed E-state index contributed by atoms with van der Waals surface area (Å²) in [5.74, 6) is 2.06. The van der Waals surface area contributed by atoms with E-state index in [1.807, 2.05) is 6.21 Å². The number of fused-ring (bicyclic) bond motifs is 2. The number of hydrogen-bond donors (Lipinski definition) is 1. The maximum absolute atomic E-state index is 11.8. The summed E-state index contributed by atoms with van der Waals surface area (Å²) in [6, 6.07) is 6.81. The largest absolute Gasteiger partial charge is 0.271 e. The molecule has 3 rings (SSSR count). The third-order valence-corrected chi connectivity index (χ3v) is 4.58. The molecule has 100 valence electrons. The van der Waals surface area contributed by atoms with Crippen molar-refractivity contribution in [1.82, 2.24) is 5.43 Å². The van der Waals surface area contributed by atoms with Gasteiger partial charge in [-0.05, 0) is 61.3 Å². The van der Waals surface area contributed by atoms with E-state index in [1.165, 1.54) is 25.7 Å². The molecular formula is C15H17ClN2O. The second-order valence-corrected chi connectivity index (χ2v) is 6.00. The molecule has 2 bridgehead atoms. The second-order valence-electron chi connectivity index (χ2n) is 5.56. The van der Waals surface area contributed by atoms with Gasteiger partial charge in [-0.15, -0.1) is 0 Å². The first-order valence-corrected chi connectivity index (χ1v) is 7.19. The quantitative estimate of drug-likeness (QED) is 0.666. The van der Waals surface area contributed by atoms with E-state index < -0.39 is 0 Å². The van der Waals surface area contributed by atoms with Crippen LogP contribution in [0.2, 0.25) is 5.02 Å². The summed E-state index contributed by atoms with van der Waals surface area (Å²) < 4.78 is 0. The van der Waals surface area contributed by atoms with Gasteiger partial charge in [0, 0.05) is 16.8 Å². The smallest absolute Gasteiger partial charge is 0.267 e. The van der Waals surface area contributed by atoms with Gasteiger partial charge in [-0.1, -0.05) is 18.0 Å². The van der Waals surface area contributed by atoms with Gasteiger partial charge in [-0.25, -0.2) is 5.43 Å². The molecule has 2 saturated carbocycles. The summed E-state index contributed by atoms with van der Waals surface area (Å²) in [7, 11) is 0. The maximum Gasteiger partial charge on any atom is 0.271 e. The number of benzene rings is 1. The van der Waals surface area contributed by atoms with E-state index in [2.05, 4.69) is 10.5 Å². The highest BCUT2D eigenvalue weighted by molar-refractivity contribution is 6.30. The Kier molecular flexibility index (Phi) is 3.56. The Labute approximate surface area is 118 Å². The first-order valence-electron chi connectivity index (χ1n) is 6.81. The zero-order chi connectivity index (χ0) is 13.2. The lowest BCUT2D eigenvalue weighted by molar-refractivity contribution is 0.0955. The minimum absolute atomic E-state index is 0.184. The van der Waals surface area contributed by atoms with Crippen LogP contribution in [0.3, 0.4) is 0 Å². The average molecular weight is 277 g/mol. The lowest BCUT2D eigenvalue weighted by Gasteiger charge is -2.16. The summed E-state index contributed by atoms with van der Waals surface area (Å²) in [6.07, 6.45) is 7.23. The number of amides is 1. The van der Waals surface area contributed by atoms with Crippen LogP contribution in [-0.4, -0.2) is 12.1 Å². The number of nitrogens with one attached hydrogen (secondary N) is 1. The third-order valence-electron chi connectivity index (χ3n) is 4.33. The van der Waals surface area contributed by atoms with Crippen LogP contribution in [-0.2, 0) is 0 Å². The van der Waals surface area contributed by atoms with Crippen molar-refractivity contribution in [2.75, 3.05) is 0 Å². The Balaban J connectivity index is 1.54. The number of carbonyl (C=O) groups excluding carboxylic acids is 1. The van der Waals surface area contributed by atoms with Gasteiger partial charge >= 0.3 is 0 Å². The number of hydrogen-bond acceptors (Lipinski definition) is 2. The van der Waals surface area contributed by atoms with Crippen LogP contribution in [0.1, 0.15) is 36.0 Å². The molecule has 1 amide bonds. The van der Waals surface area contributed by atoms with E-state index in [4.69, 9.17) is 11.6 Å². The summed E-state index contributed by atoms with van der Waals surface area (Å²) in [5.41, 5.74) is 3.17. The van der Waals surface area contributed by atoms with Crippen LogP contribution < -0.4 is 5.43 Å². The molecule has 1 N–H and O–H groups in total. The molecule has 1 aromatic carbocycles. The fourth-order valence-corrected chi connectivity index (χ4v) is 3.46. The fraction of sp³-hybridized carbons (Fsp3) is 0.467. The number of nitrogens with zero attached hydrogens (tertiary/aromatic N) is 1. The zero-order valence-corrected chi connectivity index (χ0v) is 11.4. The van der Waals surface area contributed by atoms with Crippen molar-refractivity contribution >= 4 is 23.7 Å². The van der Waals surface area contributed by atoms with E-state index in [9.17, 15) is 4.79 Å². The van der Waals surface area contributed by atoms with Crippen LogP contribution in [0.25, 0.3) is 0 Å². The van der Waals surface area contributed by atoms with E-state index in [-0.39, 0.29) is 5.91 Å². The number of halogens is 1. The molecular weight excluding hydrogens is 260 g/mol. The molecule has 0 heterocycles. The molecule has 2 aliphatic carbocycles. The molecule has 0 saturated heterocycles. The lowest BCUT2D eigenvalue weighted by atomic mass is 9.90. The second kappa shape index (κ2) is 5.33. The van der Waals surface area contributed by atoms with Crippen molar-refractivity contribution in [1.29, 1.82) is 0 Å². The fourth-order valence-electron chi connectivity index (χ4n) is 3.33. The Bertz CT molecular complexity index is 497. The van der Waals surface area contributed by atoms with Gasteiger partial charge in [0.15, 0.2) is 0 Å². The molecule has 3 atom stereocenters. The predicted molar refractivity (Wildman–Crippen MR) is 76.3 cm³/mol. The maximum atomic E-state index is 11.8. The highest BCUT2D eigenvalue weighted by atomic mass is 35.5. The molecule has 4 heteroatoms. The van der Waals surface area contributed by atoms with E-state index >= 15 is 0 Å². The molecule has 3 nitrogen and oxygen atoms in total. The van der Waals surface area contributed by atoms with Crippen molar-refractivity contribution in [3.63, 3.8) is 0 Å². The van der Waals surface area contributed by atoms with Gasteiger partial charge in [0.05, 0.1) is 0 Å². The van der Waals surface area contributed by atoms with Gasteiger partial charge in [-0.3, -0.25) is 4.79 Å². The third kappa shape index (κ3) is 2.81. The van der Waals surface area contributed by atoms with Crippen LogP contribution in [0, 0.1) is 17.8 Å². The number of rotatable bonds is 3. The van der Waals surface area contributed by atoms with E-state index in [1.54, 1.807) is 24.3 Å². The van der Waals surface area contributed by atoms with E-state index in [0.29, 0.717) is 16.5 Å². The molecule has 2 fully saturated rings. The standard InChI is InChI=1S/C15H17ClN2O/c16-14-5-3-11(4-6-14)15(19)18-17-9-13-8-10-1-2-12(13)7-10/h3-6,9-10,12-13H,1-2,7-8H2,(H,18,19)/b17-9-/t10-,12-,13+/m1/s1. The topological polar surface area (TPSA) is 41.5 Å². The highest BCUT2D eigenvalue weighted by Gasteiger charge is 2.38. The number of carbonyl (C=O) groups is 1. The van der Waals surface area contributed by atoms with E-state index in [0.717, 1.165) is 11.8 Å². The summed E-state index contributed by atoms with van der Waals surface area (Å²) in [4.78, 5) is 11.8. The highest BCUT2D eigenvalue weighted by Crippen LogP contribution is 2.47. The molecule has 1 aromatic rings. The molecule has 0 unspecified atom stereocenters. The zero-order valence-electron chi connectivity index (χ0n) is 10.7. The summed E-state index contributed by atoms with van der Waals surface area (Å²) in [6.45, 7) is 0.